The Kier molecular flexibility index (Phi) is 4.81. The van der Waals surface area contributed by atoms with Gasteiger partial charge < -0.3 is 16.0 Å². The van der Waals surface area contributed by atoms with Crippen LogP contribution in [0.3, 0.4) is 0 Å². The van der Waals surface area contributed by atoms with E-state index in [9.17, 15) is 9.59 Å². The summed E-state index contributed by atoms with van der Waals surface area (Å²) in [6, 6.07) is 7.97. The molecular weight excluding hydrogens is 292 g/mol. The Morgan fingerprint density at radius 3 is 2.70 bits per heavy atom. The second kappa shape index (κ2) is 7.00. The zero-order valence-electron chi connectivity index (χ0n) is 13.5. The number of carbonyl (C=O) groups excluding carboxylic acids is 2. The van der Waals surface area contributed by atoms with Crippen molar-refractivity contribution in [2.75, 3.05) is 19.6 Å². The van der Waals surface area contributed by atoms with Crippen molar-refractivity contribution >= 4 is 11.9 Å². The highest BCUT2D eigenvalue weighted by Crippen LogP contribution is 2.16. The van der Waals surface area contributed by atoms with Crippen LogP contribution in [-0.4, -0.2) is 48.6 Å². The van der Waals surface area contributed by atoms with Gasteiger partial charge in [-0.05, 0) is 30.9 Å². The van der Waals surface area contributed by atoms with Crippen molar-refractivity contribution in [3.63, 3.8) is 0 Å². The summed E-state index contributed by atoms with van der Waals surface area (Å²) < 4.78 is 0. The van der Waals surface area contributed by atoms with Crippen LogP contribution in [0.15, 0.2) is 24.3 Å². The Morgan fingerprint density at radius 2 is 2.04 bits per heavy atom. The summed E-state index contributed by atoms with van der Waals surface area (Å²) in [6.07, 6.45) is 1.90. The number of nitrogens with one attached hydrogen (secondary N) is 3. The number of nitrogens with zero attached hydrogens (tertiary/aromatic N) is 1. The standard InChI is InChI=1S/C17H24N4O2/c1-12-4-2-3-5-13(12)11-21-8-6-14(7-9-21)19-16(22)15-10-18-17(23)20-15/h2-5,14-15H,6-11H2,1H3,(H,19,22)(H2,18,20,23)/t15-/m0/s1. The van der Waals surface area contributed by atoms with Crippen LogP contribution in [0.2, 0.25) is 0 Å². The smallest absolute Gasteiger partial charge is 0.315 e. The van der Waals surface area contributed by atoms with Gasteiger partial charge in [-0.3, -0.25) is 9.69 Å². The Labute approximate surface area is 136 Å². The third kappa shape index (κ3) is 4.01. The van der Waals surface area contributed by atoms with Crippen LogP contribution >= 0.6 is 0 Å². The summed E-state index contributed by atoms with van der Waals surface area (Å²) in [5.41, 5.74) is 2.70. The van der Waals surface area contributed by atoms with E-state index in [1.54, 1.807) is 0 Å². The molecule has 3 amide bonds. The van der Waals surface area contributed by atoms with Gasteiger partial charge in [0.2, 0.25) is 5.91 Å². The molecule has 124 valence electrons. The second-order valence-electron chi connectivity index (χ2n) is 6.39. The number of likely N-dealkylation sites (tertiary alicyclic amines) is 1. The van der Waals surface area contributed by atoms with Crippen LogP contribution in [0.4, 0.5) is 4.79 Å². The number of benzene rings is 1. The molecule has 6 heteroatoms. The number of carbonyl (C=O) groups is 2. The number of rotatable bonds is 4. The van der Waals surface area contributed by atoms with Crippen LogP contribution in [0.25, 0.3) is 0 Å². The summed E-state index contributed by atoms with van der Waals surface area (Å²) >= 11 is 0. The van der Waals surface area contributed by atoms with Gasteiger partial charge in [0.25, 0.3) is 0 Å². The molecule has 0 bridgehead atoms. The molecule has 2 fully saturated rings. The van der Waals surface area contributed by atoms with Crippen LogP contribution in [0, 0.1) is 6.92 Å². The van der Waals surface area contributed by atoms with Crippen molar-refractivity contribution < 1.29 is 9.59 Å². The van der Waals surface area contributed by atoms with Gasteiger partial charge in [-0.2, -0.15) is 0 Å². The fraction of sp³-hybridized carbons (Fsp3) is 0.529. The average Bonchev–Trinajstić information content (AvgIpc) is 2.98. The van der Waals surface area contributed by atoms with Crippen molar-refractivity contribution in [1.29, 1.82) is 0 Å². The number of hydrogen-bond acceptors (Lipinski definition) is 3. The van der Waals surface area contributed by atoms with Crippen molar-refractivity contribution in [3.05, 3.63) is 35.4 Å². The quantitative estimate of drug-likeness (QED) is 0.768. The van der Waals surface area contributed by atoms with E-state index in [-0.39, 0.29) is 18.0 Å². The monoisotopic (exact) mass is 316 g/mol. The highest BCUT2D eigenvalue weighted by Gasteiger charge is 2.29. The molecule has 1 aromatic rings. The maximum atomic E-state index is 12.1. The molecular formula is C17H24N4O2. The molecule has 2 saturated heterocycles. The van der Waals surface area contributed by atoms with Crippen LogP contribution in [0.5, 0.6) is 0 Å². The lowest BCUT2D eigenvalue weighted by molar-refractivity contribution is -0.123. The zero-order valence-corrected chi connectivity index (χ0v) is 13.5. The number of amides is 3. The highest BCUT2D eigenvalue weighted by atomic mass is 16.2. The Hall–Kier alpha value is -2.08. The lowest BCUT2D eigenvalue weighted by Crippen LogP contribution is -2.50. The lowest BCUT2D eigenvalue weighted by atomic mass is 10.0. The Balaban J connectivity index is 1.44. The van der Waals surface area contributed by atoms with E-state index in [2.05, 4.69) is 52.0 Å². The van der Waals surface area contributed by atoms with Crippen LogP contribution in [-0.2, 0) is 11.3 Å². The molecule has 3 N–H and O–H groups in total. The molecule has 2 aliphatic heterocycles. The lowest BCUT2D eigenvalue weighted by Gasteiger charge is -2.33. The molecule has 2 heterocycles. The molecule has 0 spiro atoms. The van der Waals surface area contributed by atoms with E-state index in [0.29, 0.717) is 6.54 Å². The number of hydrogen-bond donors (Lipinski definition) is 3. The predicted molar refractivity (Wildman–Crippen MR) is 87.9 cm³/mol. The van der Waals surface area contributed by atoms with Crippen molar-refractivity contribution in [2.45, 2.75) is 38.4 Å². The molecule has 1 aromatic carbocycles. The largest absolute Gasteiger partial charge is 0.351 e. The van der Waals surface area contributed by atoms with Gasteiger partial charge >= 0.3 is 6.03 Å². The van der Waals surface area contributed by atoms with E-state index in [1.165, 1.54) is 11.1 Å². The summed E-state index contributed by atoms with van der Waals surface area (Å²) in [5, 5.41) is 8.28. The van der Waals surface area contributed by atoms with Gasteiger partial charge in [-0.15, -0.1) is 0 Å². The number of urea groups is 1. The zero-order chi connectivity index (χ0) is 16.2. The fourth-order valence-electron chi connectivity index (χ4n) is 3.18. The second-order valence-corrected chi connectivity index (χ2v) is 6.39. The van der Waals surface area contributed by atoms with Crippen LogP contribution < -0.4 is 16.0 Å². The van der Waals surface area contributed by atoms with E-state index < -0.39 is 6.04 Å². The minimum Gasteiger partial charge on any atom is -0.351 e. The number of piperidine rings is 1. The average molecular weight is 316 g/mol. The number of aryl methyl sites for hydroxylation is 1. The van der Waals surface area contributed by atoms with Crippen LogP contribution in [0.1, 0.15) is 24.0 Å². The first-order valence-corrected chi connectivity index (χ1v) is 8.23. The molecule has 0 aliphatic carbocycles. The van der Waals surface area contributed by atoms with Gasteiger partial charge in [-0.1, -0.05) is 24.3 Å². The topological polar surface area (TPSA) is 73.5 Å². The maximum absolute atomic E-state index is 12.1. The van der Waals surface area contributed by atoms with Gasteiger partial charge in [0.05, 0.1) is 0 Å². The minimum atomic E-state index is -0.438. The normalized spacial score (nSPS) is 22.5. The summed E-state index contributed by atoms with van der Waals surface area (Å²) in [4.78, 5) is 25.6. The van der Waals surface area contributed by atoms with Crippen molar-refractivity contribution in [3.8, 4) is 0 Å². The molecule has 0 unspecified atom stereocenters. The molecule has 23 heavy (non-hydrogen) atoms. The highest BCUT2D eigenvalue weighted by molar-refractivity contribution is 5.90. The Bertz CT molecular complexity index is 582. The van der Waals surface area contributed by atoms with E-state index in [0.717, 1.165) is 32.5 Å². The maximum Gasteiger partial charge on any atom is 0.315 e. The Morgan fingerprint density at radius 1 is 1.30 bits per heavy atom. The molecule has 0 radical (unpaired) electrons. The molecule has 6 nitrogen and oxygen atoms in total. The molecule has 1 atom stereocenters. The SMILES string of the molecule is Cc1ccccc1CN1CCC(NC(=O)[C@@H]2CNC(=O)N2)CC1. The minimum absolute atomic E-state index is 0.0827. The third-order valence-corrected chi connectivity index (χ3v) is 4.68. The predicted octanol–water partition coefficient (Wildman–Crippen LogP) is 0.757. The van der Waals surface area contributed by atoms with Crippen molar-refractivity contribution in [2.24, 2.45) is 0 Å². The van der Waals surface area contributed by atoms with E-state index in [1.807, 2.05) is 0 Å². The molecule has 0 saturated carbocycles. The summed E-state index contributed by atoms with van der Waals surface area (Å²) in [6.45, 7) is 5.45. The summed E-state index contributed by atoms with van der Waals surface area (Å²) in [5.74, 6) is -0.0827. The van der Waals surface area contributed by atoms with Gasteiger partial charge in [0, 0.05) is 32.2 Å². The van der Waals surface area contributed by atoms with E-state index in [4.69, 9.17) is 0 Å². The van der Waals surface area contributed by atoms with Gasteiger partial charge in [-0.25, -0.2) is 4.79 Å². The van der Waals surface area contributed by atoms with E-state index >= 15 is 0 Å². The van der Waals surface area contributed by atoms with Crippen molar-refractivity contribution in [1.82, 2.24) is 20.9 Å². The third-order valence-electron chi connectivity index (χ3n) is 4.68. The first-order valence-electron chi connectivity index (χ1n) is 8.23. The summed E-state index contributed by atoms with van der Waals surface area (Å²) in [7, 11) is 0. The molecule has 2 aliphatic rings. The van der Waals surface area contributed by atoms with Gasteiger partial charge in [0.15, 0.2) is 0 Å². The van der Waals surface area contributed by atoms with Gasteiger partial charge in [0.1, 0.15) is 6.04 Å². The fourth-order valence-corrected chi connectivity index (χ4v) is 3.18. The molecule has 0 aromatic heterocycles. The first-order chi connectivity index (χ1) is 11.1. The molecule has 3 rings (SSSR count). The first kappa shape index (κ1) is 15.8.